The topological polar surface area (TPSA) is 159 Å². The first-order valence-electron chi connectivity index (χ1n) is 12.4. The van der Waals surface area contributed by atoms with Crippen LogP contribution in [0.25, 0.3) is 0 Å². The van der Waals surface area contributed by atoms with Crippen molar-refractivity contribution in [3.8, 4) is 5.75 Å². The van der Waals surface area contributed by atoms with Gasteiger partial charge in [-0.2, -0.15) is 0 Å². The number of nitrogen functional groups attached to an aromatic ring is 1. The van der Waals surface area contributed by atoms with Crippen molar-refractivity contribution in [1.82, 2.24) is 0 Å². The van der Waals surface area contributed by atoms with Gasteiger partial charge in [0, 0.05) is 32.0 Å². The molecular weight excluding hydrogens is 530 g/mol. The lowest BCUT2D eigenvalue weighted by atomic mass is 9.97. The van der Waals surface area contributed by atoms with Crippen LogP contribution in [0.5, 0.6) is 5.75 Å². The number of carbonyl (C=O) groups excluding carboxylic acids is 4. The Labute approximate surface area is 229 Å². The summed E-state index contributed by atoms with van der Waals surface area (Å²) in [5.74, 6) is -2.99. The second-order valence-electron chi connectivity index (χ2n) is 10.7. The van der Waals surface area contributed by atoms with Crippen LogP contribution >= 0.6 is 0 Å². The van der Waals surface area contributed by atoms with Gasteiger partial charge in [0.15, 0.2) is 26.6 Å². The molecule has 2 rings (SSSR count). The van der Waals surface area contributed by atoms with Crippen LogP contribution in [0.3, 0.4) is 0 Å². The van der Waals surface area contributed by atoms with Crippen molar-refractivity contribution in [3.63, 3.8) is 0 Å². The highest BCUT2D eigenvalue weighted by atomic mass is 28.4. The van der Waals surface area contributed by atoms with Crippen molar-refractivity contribution >= 4 is 37.9 Å². The average Bonchev–Trinajstić information content (AvgIpc) is 2.80. The quantitative estimate of drug-likeness (QED) is 0.201. The lowest BCUT2D eigenvalue weighted by Crippen LogP contribution is -2.64. The van der Waals surface area contributed by atoms with Crippen LogP contribution in [-0.2, 0) is 53.9 Å². The Hall–Kier alpha value is -3.16. The van der Waals surface area contributed by atoms with Gasteiger partial charge >= 0.3 is 23.9 Å². The van der Waals surface area contributed by atoms with Gasteiger partial charge in [0.2, 0.25) is 12.4 Å². The van der Waals surface area contributed by atoms with Gasteiger partial charge in [0.1, 0.15) is 5.75 Å². The standard InChI is InChI=1S/C26H39NO11Si/c1-14(28)34-20-21(35-15(2)29)23(36-16(3)30)25(38-22(20)24(31)32-7)37-19-11-10-18(27)12-17(19)13-33-39(8,9)26(4,5)6/h10-12,20-23,25H,13,27H2,1-9H3/t20-,21-,22-,23+,25+/m0/s1. The zero-order valence-corrected chi connectivity index (χ0v) is 24.9. The summed E-state index contributed by atoms with van der Waals surface area (Å²) in [7, 11) is -1.05. The molecule has 1 fully saturated rings. The molecule has 0 saturated carbocycles. The number of hydrogen-bond donors (Lipinski definition) is 1. The minimum Gasteiger partial charge on any atom is -0.467 e. The Morgan fingerprint density at radius 2 is 1.46 bits per heavy atom. The third-order valence-electron chi connectivity index (χ3n) is 6.56. The molecule has 39 heavy (non-hydrogen) atoms. The van der Waals surface area contributed by atoms with E-state index in [1.807, 2.05) is 0 Å². The van der Waals surface area contributed by atoms with E-state index >= 15 is 0 Å². The highest BCUT2D eigenvalue weighted by Gasteiger charge is 2.56. The van der Waals surface area contributed by atoms with Crippen molar-refractivity contribution < 1.29 is 52.0 Å². The molecule has 0 aliphatic carbocycles. The van der Waals surface area contributed by atoms with Gasteiger partial charge < -0.3 is 38.6 Å². The molecule has 1 aromatic carbocycles. The van der Waals surface area contributed by atoms with E-state index in [2.05, 4.69) is 33.9 Å². The van der Waals surface area contributed by atoms with E-state index in [1.165, 1.54) is 0 Å². The monoisotopic (exact) mass is 569 g/mol. The van der Waals surface area contributed by atoms with Crippen LogP contribution in [0.4, 0.5) is 5.69 Å². The summed E-state index contributed by atoms with van der Waals surface area (Å²) in [5, 5.41) is -0.0576. The van der Waals surface area contributed by atoms with E-state index in [4.69, 9.17) is 38.6 Å². The molecule has 1 heterocycles. The first-order chi connectivity index (χ1) is 18.0. The maximum atomic E-state index is 12.7. The maximum absolute atomic E-state index is 12.7. The average molecular weight is 570 g/mol. The Kier molecular flexibility index (Phi) is 10.5. The molecule has 0 radical (unpaired) electrons. The van der Waals surface area contributed by atoms with Gasteiger partial charge in [-0.3, -0.25) is 14.4 Å². The maximum Gasteiger partial charge on any atom is 0.339 e. The third kappa shape index (κ3) is 8.41. The Morgan fingerprint density at radius 3 is 1.97 bits per heavy atom. The van der Waals surface area contributed by atoms with Crippen LogP contribution in [0.15, 0.2) is 18.2 Å². The van der Waals surface area contributed by atoms with Crippen molar-refractivity contribution in [2.45, 2.75) is 97.0 Å². The highest BCUT2D eigenvalue weighted by Crippen LogP contribution is 2.38. The summed E-state index contributed by atoms with van der Waals surface area (Å²) in [6.07, 6.45) is -7.43. The molecule has 1 saturated heterocycles. The molecule has 13 heteroatoms. The summed E-state index contributed by atoms with van der Waals surface area (Å²) in [6, 6.07) is 4.85. The number of hydrogen-bond acceptors (Lipinski definition) is 12. The lowest BCUT2D eigenvalue weighted by molar-refractivity contribution is -0.282. The third-order valence-corrected chi connectivity index (χ3v) is 11.0. The molecule has 1 aliphatic heterocycles. The summed E-state index contributed by atoms with van der Waals surface area (Å²) < 4.78 is 39.3. The number of benzene rings is 1. The predicted octanol–water partition coefficient (Wildman–Crippen LogP) is 2.86. The fourth-order valence-electron chi connectivity index (χ4n) is 3.60. The fraction of sp³-hybridized carbons (Fsp3) is 0.615. The Bertz CT molecular complexity index is 1070. The van der Waals surface area contributed by atoms with Crippen LogP contribution in [0, 0.1) is 0 Å². The molecule has 0 unspecified atom stereocenters. The number of anilines is 1. The molecule has 1 aromatic rings. The molecule has 218 valence electrons. The zero-order valence-electron chi connectivity index (χ0n) is 23.9. The molecule has 0 spiro atoms. The molecule has 0 aromatic heterocycles. The van der Waals surface area contributed by atoms with Crippen LogP contribution < -0.4 is 10.5 Å². The first-order valence-corrected chi connectivity index (χ1v) is 15.3. The van der Waals surface area contributed by atoms with Gasteiger partial charge in [0.05, 0.1) is 13.7 Å². The van der Waals surface area contributed by atoms with E-state index < -0.39 is 62.9 Å². The molecule has 0 amide bonds. The number of carbonyl (C=O) groups is 4. The van der Waals surface area contributed by atoms with Crippen molar-refractivity contribution in [2.75, 3.05) is 12.8 Å². The van der Waals surface area contributed by atoms with Crippen molar-refractivity contribution in [1.29, 1.82) is 0 Å². The number of ether oxygens (including phenoxy) is 6. The van der Waals surface area contributed by atoms with Gasteiger partial charge in [-0.25, -0.2) is 4.79 Å². The first kappa shape index (κ1) is 32.1. The smallest absolute Gasteiger partial charge is 0.339 e. The molecule has 5 atom stereocenters. The van der Waals surface area contributed by atoms with Crippen molar-refractivity contribution in [3.05, 3.63) is 23.8 Å². The zero-order chi connectivity index (χ0) is 29.7. The summed E-state index contributed by atoms with van der Waals surface area (Å²) in [4.78, 5) is 48.6. The van der Waals surface area contributed by atoms with Crippen molar-refractivity contribution in [2.24, 2.45) is 0 Å². The normalized spacial score (nSPS) is 23.4. The fourth-order valence-corrected chi connectivity index (χ4v) is 4.55. The minimum absolute atomic E-state index is 0.0576. The molecule has 12 nitrogen and oxygen atoms in total. The SMILES string of the molecule is COC(=O)[C@H]1O[C@@H](Oc2ccc(N)cc2CO[Si](C)(C)C(C)(C)C)[C@H](OC(C)=O)[C@@H](OC(C)=O)[C@@H]1OC(C)=O. The van der Waals surface area contributed by atoms with Crippen LogP contribution in [-0.4, -0.2) is 70.0 Å². The number of esters is 4. The summed E-state index contributed by atoms with van der Waals surface area (Å²) >= 11 is 0. The number of methoxy groups -OCH3 is 1. The number of rotatable bonds is 9. The highest BCUT2D eigenvalue weighted by molar-refractivity contribution is 6.74. The summed E-state index contributed by atoms with van der Waals surface area (Å²) in [5.41, 5.74) is 7.06. The largest absolute Gasteiger partial charge is 0.467 e. The molecule has 1 aliphatic rings. The van der Waals surface area contributed by atoms with Gasteiger partial charge in [-0.05, 0) is 36.3 Å². The van der Waals surface area contributed by atoms with Crippen LogP contribution in [0.1, 0.15) is 47.1 Å². The number of nitrogens with two attached hydrogens (primary N) is 1. The van der Waals surface area contributed by atoms with E-state index in [0.29, 0.717) is 11.3 Å². The second kappa shape index (κ2) is 12.8. The Balaban J connectivity index is 2.54. The van der Waals surface area contributed by atoms with E-state index in [0.717, 1.165) is 27.9 Å². The summed E-state index contributed by atoms with van der Waals surface area (Å²) in [6.45, 7) is 14.0. The minimum atomic E-state index is -2.16. The van der Waals surface area contributed by atoms with E-state index in [1.54, 1.807) is 18.2 Å². The van der Waals surface area contributed by atoms with Crippen LogP contribution in [0.2, 0.25) is 18.1 Å². The van der Waals surface area contributed by atoms with Gasteiger partial charge in [0.25, 0.3) is 0 Å². The van der Waals surface area contributed by atoms with E-state index in [9.17, 15) is 19.2 Å². The lowest BCUT2D eigenvalue weighted by Gasteiger charge is -2.43. The molecule has 0 bridgehead atoms. The van der Waals surface area contributed by atoms with Gasteiger partial charge in [-0.1, -0.05) is 20.8 Å². The predicted molar refractivity (Wildman–Crippen MR) is 141 cm³/mol. The van der Waals surface area contributed by atoms with Gasteiger partial charge in [-0.15, -0.1) is 0 Å². The molecule has 2 N–H and O–H groups in total. The van der Waals surface area contributed by atoms with E-state index in [-0.39, 0.29) is 17.4 Å². The molecular formula is C26H39NO11Si. The second-order valence-corrected chi connectivity index (χ2v) is 15.5. The Morgan fingerprint density at radius 1 is 0.923 bits per heavy atom.